The summed E-state index contributed by atoms with van der Waals surface area (Å²) in [5.74, 6) is -0.0388. The number of amides is 1. The third-order valence-electron chi connectivity index (χ3n) is 3.22. The van der Waals surface area contributed by atoms with Crippen LogP contribution in [0.4, 0.5) is 5.69 Å². The van der Waals surface area contributed by atoms with E-state index in [-0.39, 0.29) is 5.91 Å². The molecule has 0 saturated carbocycles. The SMILES string of the molecule is COCCN(CCCN(C)C)C(=O)c1cc(N)cnc1C. The summed E-state index contributed by atoms with van der Waals surface area (Å²) in [6.45, 7) is 4.53. The molecule has 1 heterocycles. The highest BCUT2D eigenvalue weighted by Gasteiger charge is 2.18. The number of anilines is 1. The van der Waals surface area contributed by atoms with Crippen LogP contribution in [0, 0.1) is 6.92 Å². The van der Waals surface area contributed by atoms with Gasteiger partial charge in [-0.2, -0.15) is 0 Å². The van der Waals surface area contributed by atoms with Gasteiger partial charge in [0.1, 0.15) is 0 Å². The fraction of sp³-hybridized carbons (Fsp3) is 0.600. The Labute approximate surface area is 126 Å². The second-order valence-electron chi connectivity index (χ2n) is 5.34. The third-order valence-corrected chi connectivity index (χ3v) is 3.22. The van der Waals surface area contributed by atoms with Crippen LogP contribution in [0.2, 0.25) is 0 Å². The van der Waals surface area contributed by atoms with Crippen molar-refractivity contribution in [3.8, 4) is 0 Å². The zero-order valence-corrected chi connectivity index (χ0v) is 13.4. The molecule has 1 aromatic rings. The number of hydrogen-bond acceptors (Lipinski definition) is 5. The van der Waals surface area contributed by atoms with E-state index in [0.717, 1.165) is 13.0 Å². The van der Waals surface area contributed by atoms with Crippen LogP contribution >= 0.6 is 0 Å². The first-order valence-electron chi connectivity index (χ1n) is 7.10. The molecule has 0 unspecified atom stereocenters. The molecule has 0 aliphatic rings. The first-order valence-corrected chi connectivity index (χ1v) is 7.10. The number of carbonyl (C=O) groups is 1. The Hall–Kier alpha value is -1.66. The number of aryl methyl sites for hydroxylation is 1. The molecule has 0 aliphatic heterocycles. The summed E-state index contributed by atoms with van der Waals surface area (Å²) in [6, 6.07) is 1.69. The van der Waals surface area contributed by atoms with E-state index in [1.807, 2.05) is 21.0 Å². The minimum atomic E-state index is -0.0388. The number of carbonyl (C=O) groups excluding carboxylic acids is 1. The van der Waals surface area contributed by atoms with Gasteiger partial charge in [-0.05, 0) is 40.1 Å². The van der Waals surface area contributed by atoms with Crippen LogP contribution in [0.5, 0.6) is 0 Å². The van der Waals surface area contributed by atoms with Crippen molar-refractivity contribution in [1.82, 2.24) is 14.8 Å². The van der Waals surface area contributed by atoms with Crippen LogP contribution in [-0.2, 0) is 4.74 Å². The predicted molar refractivity (Wildman–Crippen MR) is 84.3 cm³/mol. The molecule has 118 valence electrons. The maximum atomic E-state index is 12.7. The van der Waals surface area contributed by atoms with Crippen molar-refractivity contribution in [3.63, 3.8) is 0 Å². The number of nitrogen functional groups attached to an aromatic ring is 1. The molecule has 6 nitrogen and oxygen atoms in total. The Balaban J connectivity index is 2.80. The lowest BCUT2D eigenvalue weighted by molar-refractivity contribution is 0.0688. The van der Waals surface area contributed by atoms with Crippen molar-refractivity contribution in [2.45, 2.75) is 13.3 Å². The Kier molecular flexibility index (Phi) is 7.11. The predicted octanol–water partition coefficient (Wildman–Crippen LogP) is 1.01. The molecular weight excluding hydrogens is 268 g/mol. The van der Waals surface area contributed by atoms with E-state index < -0.39 is 0 Å². The molecule has 2 N–H and O–H groups in total. The smallest absolute Gasteiger partial charge is 0.255 e. The molecule has 1 amide bonds. The van der Waals surface area contributed by atoms with Crippen LogP contribution in [0.1, 0.15) is 22.5 Å². The van der Waals surface area contributed by atoms with E-state index in [9.17, 15) is 4.79 Å². The number of nitrogens with two attached hydrogens (primary N) is 1. The standard InChI is InChI=1S/C15H26N4O2/c1-12-14(10-13(16)11-17-12)15(20)19(8-9-21-4)7-5-6-18(2)3/h10-11H,5-9,16H2,1-4H3. The average molecular weight is 294 g/mol. The summed E-state index contributed by atoms with van der Waals surface area (Å²) < 4.78 is 5.10. The van der Waals surface area contributed by atoms with Gasteiger partial charge >= 0.3 is 0 Å². The molecule has 0 aromatic carbocycles. The summed E-state index contributed by atoms with van der Waals surface area (Å²) >= 11 is 0. The second-order valence-corrected chi connectivity index (χ2v) is 5.34. The summed E-state index contributed by atoms with van der Waals surface area (Å²) in [7, 11) is 5.68. The molecule has 6 heteroatoms. The lowest BCUT2D eigenvalue weighted by atomic mass is 10.1. The number of methoxy groups -OCH3 is 1. The normalized spacial score (nSPS) is 10.9. The lowest BCUT2D eigenvalue weighted by Crippen LogP contribution is -2.36. The molecule has 0 aliphatic carbocycles. The highest BCUT2D eigenvalue weighted by Crippen LogP contribution is 2.13. The first kappa shape index (κ1) is 17.4. The van der Waals surface area contributed by atoms with Crippen LogP contribution in [0.15, 0.2) is 12.3 Å². The fourth-order valence-corrected chi connectivity index (χ4v) is 2.03. The Morgan fingerprint density at radius 3 is 2.67 bits per heavy atom. The van der Waals surface area contributed by atoms with Gasteiger partial charge in [0.15, 0.2) is 0 Å². The van der Waals surface area contributed by atoms with Gasteiger partial charge in [-0.25, -0.2) is 0 Å². The molecule has 0 spiro atoms. The van der Waals surface area contributed by atoms with Crippen molar-refractivity contribution in [1.29, 1.82) is 0 Å². The minimum Gasteiger partial charge on any atom is -0.397 e. The van der Waals surface area contributed by atoms with Gasteiger partial charge in [-0.1, -0.05) is 0 Å². The Bertz CT molecular complexity index is 463. The average Bonchev–Trinajstić information content (AvgIpc) is 2.44. The largest absolute Gasteiger partial charge is 0.397 e. The monoisotopic (exact) mass is 294 g/mol. The van der Waals surface area contributed by atoms with Gasteiger partial charge < -0.3 is 20.3 Å². The van der Waals surface area contributed by atoms with Crippen molar-refractivity contribution in [3.05, 3.63) is 23.5 Å². The second kappa shape index (κ2) is 8.59. The highest BCUT2D eigenvalue weighted by molar-refractivity contribution is 5.96. The summed E-state index contributed by atoms with van der Waals surface area (Å²) in [5.41, 5.74) is 7.51. The summed E-state index contributed by atoms with van der Waals surface area (Å²) in [4.78, 5) is 20.7. The van der Waals surface area contributed by atoms with Crippen molar-refractivity contribution in [2.24, 2.45) is 0 Å². The van der Waals surface area contributed by atoms with Gasteiger partial charge in [0.2, 0.25) is 0 Å². The maximum Gasteiger partial charge on any atom is 0.255 e. The van der Waals surface area contributed by atoms with E-state index in [4.69, 9.17) is 10.5 Å². The molecular formula is C15H26N4O2. The van der Waals surface area contributed by atoms with Gasteiger partial charge in [-0.15, -0.1) is 0 Å². The topological polar surface area (TPSA) is 71.7 Å². The van der Waals surface area contributed by atoms with E-state index in [0.29, 0.717) is 36.6 Å². The van der Waals surface area contributed by atoms with Crippen molar-refractivity contribution < 1.29 is 9.53 Å². The molecule has 0 fully saturated rings. The van der Waals surface area contributed by atoms with Gasteiger partial charge in [0.25, 0.3) is 5.91 Å². The van der Waals surface area contributed by atoms with Gasteiger partial charge in [0, 0.05) is 20.2 Å². The Morgan fingerprint density at radius 2 is 2.05 bits per heavy atom. The van der Waals surface area contributed by atoms with E-state index >= 15 is 0 Å². The molecule has 21 heavy (non-hydrogen) atoms. The van der Waals surface area contributed by atoms with Gasteiger partial charge in [0.05, 0.1) is 29.7 Å². The number of pyridine rings is 1. The van der Waals surface area contributed by atoms with Crippen molar-refractivity contribution in [2.75, 3.05) is 53.2 Å². The zero-order chi connectivity index (χ0) is 15.8. The molecule has 0 saturated heterocycles. The van der Waals surface area contributed by atoms with E-state index in [1.165, 1.54) is 0 Å². The van der Waals surface area contributed by atoms with Crippen LogP contribution < -0.4 is 5.73 Å². The highest BCUT2D eigenvalue weighted by atomic mass is 16.5. The van der Waals surface area contributed by atoms with Crippen LogP contribution in [0.3, 0.4) is 0 Å². The van der Waals surface area contributed by atoms with E-state index in [1.54, 1.807) is 24.3 Å². The fourth-order valence-electron chi connectivity index (χ4n) is 2.03. The molecule has 0 bridgehead atoms. The summed E-state index contributed by atoms with van der Waals surface area (Å²) in [5, 5.41) is 0. The molecule has 1 aromatic heterocycles. The molecule has 1 rings (SSSR count). The maximum absolute atomic E-state index is 12.7. The first-order chi connectivity index (χ1) is 9.95. The number of rotatable bonds is 8. The number of aromatic nitrogens is 1. The van der Waals surface area contributed by atoms with E-state index in [2.05, 4.69) is 9.88 Å². The van der Waals surface area contributed by atoms with Crippen LogP contribution in [0.25, 0.3) is 0 Å². The van der Waals surface area contributed by atoms with Crippen LogP contribution in [-0.4, -0.2) is 68.1 Å². The molecule has 0 radical (unpaired) electrons. The number of nitrogens with zero attached hydrogens (tertiary/aromatic N) is 3. The lowest BCUT2D eigenvalue weighted by Gasteiger charge is -2.24. The third kappa shape index (κ3) is 5.69. The number of hydrogen-bond donors (Lipinski definition) is 1. The zero-order valence-electron chi connectivity index (χ0n) is 13.4. The minimum absolute atomic E-state index is 0.0388. The summed E-state index contributed by atoms with van der Waals surface area (Å²) in [6.07, 6.45) is 2.48. The quantitative estimate of drug-likeness (QED) is 0.775. The number of ether oxygens (including phenoxy) is 1. The van der Waals surface area contributed by atoms with Crippen molar-refractivity contribution >= 4 is 11.6 Å². The van der Waals surface area contributed by atoms with Gasteiger partial charge in [-0.3, -0.25) is 9.78 Å². The molecule has 0 atom stereocenters. The Morgan fingerprint density at radius 1 is 1.33 bits per heavy atom.